The molecule has 7 heteroatoms. The Labute approximate surface area is 327 Å². The van der Waals surface area contributed by atoms with Gasteiger partial charge in [0.2, 0.25) is 0 Å². The first kappa shape index (κ1) is 34.4. The lowest BCUT2D eigenvalue weighted by Crippen LogP contribution is -2.17. The lowest BCUT2D eigenvalue weighted by Gasteiger charge is -2.29. The summed E-state index contributed by atoms with van der Waals surface area (Å²) in [7, 11) is 6.39. The van der Waals surface area contributed by atoms with E-state index in [1.807, 2.05) is 24.8 Å². The number of aromatic nitrogens is 5. The highest BCUT2D eigenvalue weighted by molar-refractivity contribution is 5.82. The van der Waals surface area contributed by atoms with E-state index < -0.39 is 0 Å². The maximum atomic E-state index is 4.34. The fourth-order valence-corrected chi connectivity index (χ4v) is 7.71. The Balaban J connectivity index is 1.07. The largest absolute Gasteiger partial charge is 0.344 e. The van der Waals surface area contributed by atoms with Gasteiger partial charge >= 0.3 is 0 Å². The van der Waals surface area contributed by atoms with Crippen LogP contribution >= 0.6 is 0 Å². The number of pyridine rings is 2. The monoisotopic (exact) mass is 727 g/mol. The number of rotatable bonds is 10. The first-order valence-corrected chi connectivity index (χ1v) is 18.7. The van der Waals surface area contributed by atoms with Gasteiger partial charge in [-0.2, -0.15) is 0 Å². The van der Waals surface area contributed by atoms with Gasteiger partial charge in [-0.05, 0) is 107 Å². The zero-order valence-electron chi connectivity index (χ0n) is 31.6. The molecule has 56 heavy (non-hydrogen) atoms. The predicted molar refractivity (Wildman–Crippen MR) is 230 cm³/mol. The van der Waals surface area contributed by atoms with Gasteiger partial charge in [0.15, 0.2) is 0 Å². The maximum absolute atomic E-state index is 4.34. The first-order chi connectivity index (χ1) is 27.5. The number of benzene rings is 4. The van der Waals surface area contributed by atoms with E-state index in [9.17, 15) is 0 Å². The molecule has 0 saturated heterocycles. The lowest BCUT2D eigenvalue weighted by atomic mass is 10.1. The third-order valence-corrected chi connectivity index (χ3v) is 10.6. The number of hydrogen-bond donors (Lipinski definition) is 0. The molecule has 0 aliphatic rings. The van der Waals surface area contributed by atoms with Crippen LogP contribution in [-0.4, -0.2) is 23.7 Å². The van der Waals surface area contributed by atoms with Gasteiger partial charge in [0.1, 0.15) is 11.6 Å². The van der Waals surface area contributed by atoms with Crippen LogP contribution in [-0.2, 0) is 21.1 Å². The summed E-state index contributed by atoms with van der Waals surface area (Å²) >= 11 is 0. The van der Waals surface area contributed by atoms with E-state index in [2.05, 4.69) is 224 Å². The second-order valence-corrected chi connectivity index (χ2v) is 13.8. The van der Waals surface area contributed by atoms with E-state index in [1.165, 1.54) is 22.5 Å². The van der Waals surface area contributed by atoms with Gasteiger partial charge in [-0.3, -0.25) is 19.8 Å². The Morgan fingerprint density at radius 1 is 0.304 bits per heavy atom. The third kappa shape index (κ3) is 6.35. The third-order valence-electron chi connectivity index (χ3n) is 10.6. The van der Waals surface area contributed by atoms with Crippen molar-refractivity contribution < 1.29 is 0 Å². The molecule has 0 unspecified atom stereocenters. The van der Waals surface area contributed by atoms with Crippen LogP contribution in [0.25, 0.3) is 45.0 Å². The molecule has 0 spiro atoms. The molecule has 0 atom stereocenters. The summed E-state index contributed by atoms with van der Waals surface area (Å²) in [5.41, 5.74) is 13.5. The molecule has 9 aromatic rings. The Morgan fingerprint density at radius 3 is 0.946 bits per heavy atom. The van der Waals surface area contributed by atoms with E-state index in [-0.39, 0.29) is 0 Å². The lowest BCUT2D eigenvalue weighted by molar-refractivity contribution is 0.900. The van der Waals surface area contributed by atoms with Gasteiger partial charge in [-0.25, -0.2) is 0 Å². The Hall–Kier alpha value is -7.38. The van der Waals surface area contributed by atoms with Crippen molar-refractivity contribution in [2.24, 2.45) is 21.1 Å². The van der Waals surface area contributed by atoms with Gasteiger partial charge in [0.05, 0.1) is 11.4 Å². The molecule has 272 valence electrons. The van der Waals surface area contributed by atoms with E-state index >= 15 is 0 Å². The molecule has 5 aromatic heterocycles. The summed E-state index contributed by atoms with van der Waals surface area (Å²) in [4.78, 5) is 13.2. The highest BCUT2D eigenvalue weighted by Crippen LogP contribution is 2.42. The zero-order valence-corrected chi connectivity index (χ0v) is 31.6. The summed E-state index contributed by atoms with van der Waals surface area (Å²) in [6.07, 6.45) is 7.37. The van der Waals surface area contributed by atoms with Gasteiger partial charge in [0.25, 0.3) is 0 Å². The van der Waals surface area contributed by atoms with E-state index in [1.54, 1.807) is 0 Å². The summed E-state index contributed by atoms with van der Waals surface area (Å²) in [5, 5.41) is 0. The zero-order chi connectivity index (χ0) is 38.0. The summed E-state index contributed by atoms with van der Waals surface area (Å²) in [6.45, 7) is 0. The molecule has 0 aliphatic carbocycles. The minimum atomic E-state index is 1.01. The molecule has 0 amide bonds. The van der Waals surface area contributed by atoms with Crippen LogP contribution in [0.15, 0.2) is 195 Å². The van der Waals surface area contributed by atoms with Crippen LogP contribution in [0.1, 0.15) is 0 Å². The van der Waals surface area contributed by atoms with E-state index in [0.717, 1.165) is 56.9 Å². The average molecular weight is 728 g/mol. The average Bonchev–Trinajstić information content (AvgIpc) is 3.96. The number of anilines is 6. The quantitative estimate of drug-likeness (QED) is 0.141. The summed E-state index contributed by atoms with van der Waals surface area (Å²) in [5.74, 6) is 2.02. The molecule has 9 rings (SSSR count). The van der Waals surface area contributed by atoms with Crippen LogP contribution in [0.4, 0.5) is 34.4 Å². The van der Waals surface area contributed by atoms with Crippen LogP contribution in [0, 0.1) is 0 Å². The SMILES string of the molecule is Cn1c(-c2ccccc2)ccc1-c1ccc(N(c2ccncc2)c2ccc(N(c3ccncc3)c3ccc(-c4ccc(-c5ccccc5)n4C)cc3)n2C)cc1. The van der Waals surface area contributed by atoms with Crippen molar-refractivity contribution in [1.29, 1.82) is 0 Å². The van der Waals surface area contributed by atoms with Crippen LogP contribution in [0.5, 0.6) is 0 Å². The molecule has 0 fully saturated rings. The van der Waals surface area contributed by atoms with E-state index in [0.29, 0.717) is 0 Å². The predicted octanol–water partition coefficient (Wildman–Crippen LogP) is 12.1. The second-order valence-electron chi connectivity index (χ2n) is 13.8. The molecule has 0 saturated carbocycles. The molecule has 7 nitrogen and oxygen atoms in total. The van der Waals surface area contributed by atoms with Crippen molar-refractivity contribution in [3.05, 3.63) is 195 Å². The van der Waals surface area contributed by atoms with Crippen LogP contribution in [0.3, 0.4) is 0 Å². The number of hydrogen-bond acceptors (Lipinski definition) is 4. The summed E-state index contributed by atoms with van der Waals surface area (Å²) < 4.78 is 6.77. The minimum Gasteiger partial charge on any atom is -0.344 e. The molecule has 0 radical (unpaired) electrons. The molecular formula is C49H41N7. The van der Waals surface area contributed by atoms with E-state index in [4.69, 9.17) is 0 Å². The van der Waals surface area contributed by atoms with Crippen molar-refractivity contribution in [3.8, 4) is 45.0 Å². The highest BCUT2D eigenvalue weighted by Gasteiger charge is 2.22. The van der Waals surface area contributed by atoms with Crippen molar-refractivity contribution in [2.45, 2.75) is 0 Å². The molecule has 4 aromatic carbocycles. The fourth-order valence-electron chi connectivity index (χ4n) is 7.71. The topological polar surface area (TPSA) is 47.1 Å². The Kier molecular flexibility index (Phi) is 9.09. The standard InChI is InChI=1S/C49H41N7/c1-52-44(36-10-6-4-7-11-36)22-24-46(52)38-14-18-40(19-15-38)55(42-28-32-50-33-29-42)48-26-27-49(54(48)3)56(43-30-34-51-35-31-43)41-20-16-39(17-21-41)47-25-23-45(53(47)2)37-12-8-5-9-13-37/h4-35H,1-3H3. The first-order valence-electron chi connectivity index (χ1n) is 18.7. The molecular weight excluding hydrogens is 687 g/mol. The Morgan fingerprint density at radius 2 is 0.607 bits per heavy atom. The van der Waals surface area contributed by atoms with Crippen LogP contribution < -0.4 is 9.80 Å². The van der Waals surface area contributed by atoms with Crippen molar-refractivity contribution in [3.63, 3.8) is 0 Å². The van der Waals surface area contributed by atoms with Gasteiger partial charge in [-0.1, -0.05) is 84.9 Å². The van der Waals surface area contributed by atoms with Gasteiger partial charge in [0, 0.05) is 80.1 Å². The van der Waals surface area contributed by atoms with Gasteiger partial charge in [-0.15, -0.1) is 0 Å². The fraction of sp³-hybridized carbons (Fsp3) is 0.0612. The van der Waals surface area contributed by atoms with Crippen molar-refractivity contribution >= 4 is 34.4 Å². The molecule has 5 heterocycles. The maximum Gasteiger partial charge on any atom is 0.119 e. The van der Waals surface area contributed by atoms with Crippen molar-refractivity contribution in [1.82, 2.24) is 23.7 Å². The van der Waals surface area contributed by atoms with Crippen LogP contribution in [0.2, 0.25) is 0 Å². The second kappa shape index (κ2) is 14.8. The highest BCUT2D eigenvalue weighted by atomic mass is 15.3. The van der Waals surface area contributed by atoms with Crippen molar-refractivity contribution in [2.75, 3.05) is 9.80 Å². The van der Waals surface area contributed by atoms with Gasteiger partial charge < -0.3 is 13.7 Å². The number of nitrogens with zero attached hydrogens (tertiary/aromatic N) is 7. The minimum absolute atomic E-state index is 1.01. The smallest absolute Gasteiger partial charge is 0.119 e. The normalized spacial score (nSPS) is 11.1. The summed E-state index contributed by atoms with van der Waals surface area (Å²) in [6, 6.07) is 60.0. The molecule has 0 N–H and O–H groups in total. The Bertz CT molecular complexity index is 2510. The molecule has 0 aliphatic heterocycles. The molecule has 0 bridgehead atoms.